The highest BCUT2D eigenvalue weighted by molar-refractivity contribution is 9.10. The molecule has 0 spiro atoms. The lowest BCUT2D eigenvalue weighted by atomic mass is 10.2. The van der Waals surface area contributed by atoms with E-state index in [0.29, 0.717) is 11.6 Å². The second-order valence-electron chi connectivity index (χ2n) is 4.46. The molecule has 7 heteroatoms. The maximum Gasteiger partial charge on any atom is 0.391 e. The van der Waals surface area contributed by atoms with E-state index in [0.717, 1.165) is 11.0 Å². The zero-order valence-electron chi connectivity index (χ0n) is 10.3. The van der Waals surface area contributed by atoms with Crippen molar-refractivity contribution in [3.63, 3.8) is 0 Å². The van der Waals surface area contributed by atoms with Crippen molar-refractivity contribution in [2.45, 2.75) is 39.6 Å². The van der Waals surface area contributed by atoms with Gasteiger partial charge in [0.2, 0.25) is 0 Å². The second kappa shape index (κ2) is 6.56. The fourth-order valence-corrected chi connectivity index (χ4v) is 1.79. The maximum absolute atomic E-state index is 11.9. The maximum atomic E-state index is 11.9. The molecule has 1 aromatic rings. The predicted molar refractivity (Wildman–Crippen MR) is 65.1 cm³/mol. The molecule has 0 radical (unpaired) electrons. The van der Waals surface area contributed by atoms with Gasteiger partial charge in [0.05, 0.1) is 24.1 Å². The van der Waals surface area contributed by atoms with Crippen LogP contribution in [0.3, 0.4) is 0 Å². The molecule has 0 fully saturated rings. The standard InChI is InChI=1S/C11H16BrF3N2O/c1-8(2)5-17-6-9(12)10(16-17)7-18-4-3-11(13,14)15/h6,8H,3-5,7H2,1-2H3. The van der Waals surface area contributed by atoms with E-state index >= 15 is 0 Å². The zero-order chi connectivity index (χ0) is 13.8. The van der Waals surface area contributed by atoms with Crippen LogP contribution in [0.25, 0.3) is 0 Å². The fourth-order valence-electron chi connectivity index (χ4n) is 1.36. The van der Waals surface area contributed by atoms with Gasteiger partial charge in [0.15, 0.2) is 0 Å². The monoisotopic (exact) mass is 328 g/mol. The van der Waals surface area contributed by atoms with E-state index < -0.39 is 12.6 Å². The van der Waals surface area contributed by atoms with E-state index in [1.807, 2.05) is 6.20 Å². The van der Waals surface area contributed by atoms with Crippen molar-refractivity contribution >= 4 is 15.9 Å². The summed E-state index contributed by atoms with van der Waals surface area (Å²) >= 11 is 3.31. The number of hydrogen-bond donors (Lipinski definition) is 0. The minimum Gasteiger partial charge on any atom is -0.375 e. The molecule has 0 aliphatic rings. The topological polar surface area (TPSA) is 27.1 Å². The molecule has 0 N–H and O–H groups in total. The van der Waals surface area contributed by atoms with Gasteiger partial charge < -0.3 is 4.74 Å². The third kappa shape index (κ3) is 5.86. The Labute approximate surface area is 112 Å². The molecule has 0 unspecified atom stereocenters. The van der Waals surface area contributed by atoms with Crippen LogP contribution in [0, 0.1) is 5.92 Å². The van der Waals surface area contributed by atoms with Gasteiger partial charge in [0.1, 0.15) is 5.69 Å². The Morgan fingerprint density at radius 2 is 2.11 bits per heavy atom. The van der Waals surface area contributed by atoms with Gasteiger partial charge in [0, 0.05) is 12.7 Å². The van der Waals surface area contributed by atoms with Gasteiger partial charge >= 0.3 is 6.18 Å². The highest BCUT2D eigenvalue weighted by Crippen LogP contribution is 2.20. The first kappa shape index (κ1) is 15.5. The molecule has 104 valence electrons. The minimum absolute atomic E-state index is 0.0851. The minimum atomic E-state index is -4.17. The second-order valence-corrected chi connectivity index (χ2v) is 5.31. The first-order valence-corrected chi connectivity index (χ1v) is 6.43. The van der Waals surface area contributed by atoms with Gasteiger partial charge in [-0.1, -0.05) is 13.8 Å². The summed E-state index contributed by atoms with van der Waals surface area (Å²) in [6, 6.07) is 0. The highest BCUT2D eigenvalue weighted by atomic mass is 79.9. The Morgan fingerprint density at radius 3 is 2.67 bits per heavy atom. The molecule has 3 nitrogen and oxygen atoms in total. The van der Waals surface area contributed by atoms with Crippen LogP contribution < -0.4 is 0 Å². The van der Waals surface area contributed by atoms with Crippen LogP contribution in [0.15, 0.2) is 10.7 Å². The number of alkyl halides is 3. The average molecular weight is 329 g/mol. The number of nitrogens with zero attached hydrogens (tertiary/aromatic N) is 2. The van der Waals surface area contributed by atoms with E-state index in [1.54, 1.807) is 4.68 Å². The molecule has 0 amide bonds. The van der Waals surface area contributed by atoms with Crippen LogP contribution >= 0.6 is 15.9 Å². The van der Waals surface area contributed by atoms with Crippen LogP contribution in [0.4, 0.5) is 13.2 Å². The largest absolute Gasteiger partial charge is 0.391 e. The summed E-state index contributed by atoms with van der Waals surface area (Å²) in [5.74, 6) is 0.454. The molecule has 0 saturated carbocycles. The van der Waals surface area contributed by atoms with Crippen LogP contribution in [-0.2, 0) is 17.9 Å². The molecule has 0 saturated heterocycles. The van der Waals surface area contributed by atoms with Gasteiger partial charge in [-0.25, -0.2) is 0 Å². The smallest absolute Gasteiger partial charge is 0.375 e. The first-order chi connectivity index (χ1) is 8.28. The van der Waals surface area contributed by atoms with Gasteiger partial charge in [0.25, 0.3) is 0 Å². The van der Waals surface area contributed by atoms with E-state index in [1.165, 1.54) is 0 Å². The third-order valence-electron chi connectivity index (χ3n) is 2.11. The van der Waals surface area contributed by atoms with Crippen molar-refractivity contribution in [1.82, 2.24) is 9.78 Å². The fraction of sp³-hybridized carbons (Fsp3) is 0.727. The van der Waals surface area contributed by atoms with Crippen LogP contribution in [-0.4, -0.2) is 22.6 Å². The molecule has 1 heterocycles. The van der Waals surface area contributed by atoms with Gasteiger partial charge in [-0.15, -0.1) is 0 Å². The van der Waals surface area contributed by atoms with E-state index in [-0.39, 0.29) is 13.2 Å². The third-order valence-corrected chi connectivity index (χ3v) is 2.77. The molecule has 1 rings (SSSR count). The van der Waals surface area contributed by atoms with Crippen molar-refractivity contribution in [2.24, 2.45) is 5.92 Å². The number of rotatable bonds is 6. The van der Waals surface area contributed by atoms with Gasteiger partial charge in [-0.3, -0.25) is 4.68 Å². The van der Waals surface area contributed by atoms with Crippen molar-refractivity contribution in [3.05, 3.63) is 16.4 Å². The van der Waals surface area contributed by atoms with Crippen LogP contribution in [0.2, 0.25) is 0 Å². The molecular weight excluding hydrogens is 313 g/mol. The average Bonchev–Trinajstić information content (AvgIpc) is 2.51. The lowest BCUT2D eigenvalue weighted by Crippen LogP contribution is -2.11. The molecule has 0 bridgehead atoms. The molecule has 0 aliphatic carbocycles. The molecule has 0 aliphatic heterocycles. The number of aromatic nitrogens is 2. The van der Waals surface area contributed by atoms with E-state index in [9.17, 15) is 13.2 Å². The number of hydrogen-bond acceptors (Lipinski definition) is 2. The SMILES string of the molecule is CC(C)Cn1cc(Br)c(COCCC(F)(F)F)n1. The van der Waals surface area contributed by atoms with Gasteiger partial charge in [-0.05, 0) is 21.8 Å². The van der Waals surface area contributed by atoms with Crippen LogP contribution in [0.1, 0.15) is 26.0 Å². The predicted octanol–water partition coefficient (Wildman–Crippen LogP) is 3.77. The van der Waals surface area contributed by atoms with Crippen molar-refractivity contribution < 1.29 is 17.9 Å². The summed E-state index contributed by atoms with van der Waals surface area (Å²) in [6.07, 6.45) is -3.30. The van der Waals surface area contributed by atoms with Crippen LogP contribution in [0.5, 0.6) is 0 Å². The molecule has 18 heavy (non-hydrogen) atoms. The van der Waals surface area contributed by atoms with Gasteiger partial charge in [-0.2, -0.15) is 18.3 Å². The van der Waals surface area contributed by atoms with Crippen molar-refractivity contribution in [2.75, 3.05) is 6.61 Å². The Bertz CT molecular complexity index is 377. The van der Waals surface area contributed by atoms with Crippen molar-refractivity contribution in [1.29, 1.82) is 0 Å². The lowest BCUT2D eigenvalue weighted by Gasteiger charge is -2.06. The number of halogens is 4. The summed E-state index contributed by atoms with van der Waals surface area (Å²) in [5.41, 5.74) is 0.623. The lowest BCUT2D eigenvalue weighted by molar-refractivity contribution is -0.146. The summed E-state index contributed by atoms with van der Waals surface area (Å²) in [7, 11) is 0. The van der Waals surface area contributed by atoms with E-state index in [2.05, 4.69) is 34.9 Å². The first-order valence-electron chi connectivity index (χ1n) is 5.64. The summed E-state index contributed by atoms with van der Waals surface area (Å²) in [4.78, 5) is 0. The molecule has 1 aromatic heterocycles. The molecular formula is C11H16BrF3N2O. The quantitative estimate of drug-likeness (QED) is 0.743. The Balaban J connectivity index is 2.40. The van der Waals surface area contributed by atoms with E-state index in [4.69, 9.17) is 4.74 Å². The normalized spacial score (nSPS) is 12.4. The Hall–Kier alpha value is -0.560. The summed E-state index contributed by atoms with van der Waals surface area (Å²) in [6.45, 7) is 4.64. The van der Waals surface area contributed by atoms with Crippen molar-refractivity contribution in [3.8, 4) is 0 Å². The Morgan fingerprint density at radius 1 is 1.44 bits per heavy atom. The molecule has 0 aromatic carbocycles. The summed E-state index contributed by atoms with van der Waals surface area (Å²) < 4.78 is 43.2. The number of ether oxygens (including phenoxy) is 1. The highest BCUT2D eigenvalue weighted by Gasteiger charge is 2.26. The summed E-state index contributed by atoms with van der Waals surface area (Å²) in [5, 5.41) is 4.25. The zero-order valence-corrected chi connectivity index (χ0v) is 11.9. The Kier molecular flexibility index (Phi) is 5.65. The molecule has 0 atom stereocenters.